The van der Waals surface area contributed by atoms with E-state index in [1.54, 1.807) is 23.1 Å². The Morgan fingerprint density at radius 1 is 0.974 bits per heavy atom. The van der Waals surface area contributed by atoms with Crippen LogP contribution in [0.1, 0.15) is 68.3 Å². The summed E-state index contributed by atoms with van der Waals surface area (Å²) in [4.78, 5) is 28.2. The molecule has 0 saturated carbocycles. The molecule has 1 fully saturated rings. The number of rotatable bonds is 11. The van der Waals surface area contributed by atoms with Crippen molar-refractivity contribution >= 4 is 17.4 Å². The Bertz CT molecular complexity index is 1350. The zero-order valence-corrected chi connectivity index (χ0v) is 23.1. The number of ketones is 1. The van der Waals surface area contributed by atoms with Gasteiger partial charge in [-0.15, -0.1) is 0 Å². The van der Waals surface area contributed by atoms with Gasteiger partial charge in [0.2, 0.25) is 0 Å². The Labute approximate surface area is 230 Å². The minimum absolute atomic E-state index is 0.0261. The van der Waals surface area contributed by atoms with Crippen LogP contribution in [0.5, 0.6) is 11.5 Å². The number of Topliss-reactive ketones (excluding diaryl/α,β-unsaturated/α-hetero) is 1. The number of aliphatic hydroxyl groups excluding tert-OH is 1. The Morgan fingerprint density at radius 2 is 1.74 bits per heavy atom. The van der Waals surface area contributed by atoms with Gasteiger partial charge in [0.15, 0.2) is 0 Å². The van der Waals surface area contributed by atoms with Crippen LogP contribution < -0.4 is 9.47 Å². The van der Waals surface area contributed by atoms with Crippen molar-refractivity contribution in [2.75, 3.05) is 6.54 Å². The zero-order valence-electron chi connectivity index (χ0n) is 23.1. The number of aryl methyl sites for hydroxylation is 1. The van der Waals surface area contributed by atoms with E-state index in [-0.39, 0.29) is 17.4 Å². The quantitative estimate of drug-likeness (QED) is 0.126. The molecule has 0 spiro atoms. The number of hydrogen-bond acceptors (Lipinski definition) is 5. The largest absolute Gasteiger partial charge is 0.507 e. The third-order valence-corrected chi connectivity index (χ3v) is 6.77. The van der Waals surface area contributed by atoms with Gasteiger partial charge in [0.05, 0.1) is 17.7 Å². The normalized spacial score (nSPS) is 16.6. The molecule has 4 rings (SSSR count). The molecule has 3 aromatic rings. The summed E-state index contributed by atoms with van der Waals surface area (Å²) in [5.74, 6) is -0.120. The molecule has 204 valence electrons. The Hall–Kier alpha value is -4.06. The van der Waals surface area contributed by atoms with Gasteiger partial charge >= 0.3 is 0 Å². The predicted molar refractivity (Wildman–Crippen MR) is 153 cm³/mol. The van der Waals surface area contributed by atoms with Crippen molar-refractivity contribution in [3.63, 3.8) is 0 Å². The number of likely N-dealkylation sites (tertiary alicyclic amines) is 1. The van der Waals surface area contributed by atoms with Crippen LogP contribution in [0.2, 0.25) is 0 Å². The van der Waals surface area contributed by atoms with Gasteiger partial charge in [0.1, 0.15) is 23.9 Å². The van der Waals surface area contributed by atoms with Gasteiger partial charge < -0.3 is 19.5 Å². The van der Waals surface area contributed by atoms with Crippen molar-refractivity contribution in [3.05, 3.63) is 101 Å². The maximum Gasteiger partial charge on any atom is 0.295 e. The van der Waals surface area contributed by atoms with Crippen LogP contribution in [0.15, 0.2) is 78.4 Å². The van der Waals surface area contributed by atoms with Crippen LogP contribution in [0.3, 0.4) is 0 Å². The SMILES string of the molecule is CCCCCN1C(=O)C(=O)/C(=C(/O)c2ccc(OCc3ccccc3)c(C)c2)C1c1cccc(OC(C)C)c1. The van der Waals surface area contributed by atoms with Crippen LogP contribution in [0, 0.1) is 6.92 Å². The number of aliphatic hydroxyl groups is 1. The minimum atomic E-state index is -0.702. The van der Waals surface area contributed by atoms with Gasteiger partial charge in [-0.25, -0.2) is 0 Å². The van der Waals surface area contributed by atoms with E-state index in [0.29, 0.717) is 30.2 Å². The standard InChI is InChI=1S/C33H37NO5/c1-5-6-10-18-34-30(25-14-11-15-27(20-25)39-22(2)3)29(32(36)33(34)37)31(35)26-16-17-28(23(4)19-26)38-21-24-12-8-7-9-13-24/h7-9,11-17,19-20,22,30,35H,5-6,10,18,21H2,1-4H3/b31-29+. The lowest BCUT2D eigenvalue weighted by atomic mass is 9.94. The Morgan fingerprint density at radius 3 is 2.44 bits per heavy atom. The molecule has 0 aromatic heterocycles. The molecule has 39 heavy (non-hydrogen) atoms. The van der Waals surface area contributed by atoms with E-state index in [1.165, 1.54) is 0 Å². The van der Waals surface area contributed by atoms with E-state index >= 15 is 0 Å². The molecule has 1 unspecified atom stereocenters. The Balaban J connectivity index is 1.70. The average molecular weight is 528 g/mol. The molecular formula is C33H37NO5. The van der Waals surface area contributed by atoms with Gasteiger partial charge in [-0.1, -0.05) is 62.2 Å². The molecule has 3 aromatic carbocycles. The number of amides is 1. The number of hydrogen-bond donors (Lipinski definition) is 1. The molecule has 1 aliphatic heterocycles. The number of benzene rings is 3. The highest BCUT2D eigenvalue weighted by Gasteiger charge is 2.45. The van der Waals surface area contributed by atoms with Gasteiger partial charge in [-0.3, -0.25) is 9.59 Å². The first-order valence-electron chi connectivity index (χ1n) is 13.6. The molecule has 6 heteroatoms. The number of carbonyl (C=O) groups is 2. The summed E-state index contributed by atoms with van der Waals surface area (Å²) in [5.41, 5.74) is 3.15. The molecular weight excluding hydrogens is 490 g/mol. The second kappa shape index (κ2) is 12.7. The van der Waals surface area contributed by atoms with Crippen molar-refractivity contribution in [2.24, 2.45) is 0 Å². The van der Waals surface area contributed by atoms with E-state index in [2.05, 4.69) is 6.92 Å². The van der Waals surface area contributed by atoms with Crippen molar-refractivity contribution < 1.29 is 24.2 Å². The molecule has 1 saturated heterocycles. The van der Waals surface area contributed by atoms with Gasteiger partial charge in [0.25, 0.3) is 11.7 Å². The smallest absolute Gasteiger partial charge is 0.295 e. The fourth-order valence-electron chi connectivity index (χ4n) is 4.87. The zero-order chi connectivity index (χ0) is 27.9. The summed E-state index contributed by atoms with van der Waals surface area (Å²) < 4.78 is 11.9. The highest BCUT2D eigenvalue weighted by atomic mass is 16.5. The molecule has 6 nitrogen and oxygen atoms in total. The second-order valence-electron chi connectivity index (χ2n) is 10.2. The van der Waals surface area contributed by atoms with Crippen molar-refractivity contribution in [3.8, 4) is 11.5 Å². The molecule has 1 N–H and O–H groups in total. The molecule has 1 aliphatic rings. The average Bonchev–Trinajstić information content (AvgIpc) is 3.17. The number of nitrogens with zero attached hydrogens (tertiary/aromatic N) is 1. The lowest BCUT2D eigenvalue weighted by molar-refractivity contribution is -0.139. The Kier molecular flexibility index (Phi) is 9.07. The van der Waals surface area contributed by atoms with Crippen LogP contribution in [-0.4, -0.2) is 34.3 Å². The third kappa shape index (κ3) is 6.51. The minimum Gasteiger partial charge on any atom is -0.507 e. The monoisotopic (exact) mass is 527 g/mol. The van der Waals surface area contributed by atoms with E-state index in [9.17, 15) is 14.7 Å². The van der Waals surface area contributed by atoms with Crippen molar-refractivity contribution in [1.82, 2.24) is 4.90 Å². The molecule has 0 radical (unpaired) electrons. The van der Waals surface area contributed by atoms with Crippen LogP contribution >= 0.6 is 0 Å². The van der Waals surface area contributed by atoms with E-state index in [0.717, 1.165) is 36.0 Å². The summed E-state index contributed by atoms with van der Waals surface area (Å²) in [5, 5.41) is 11.5. The van der Waals surface area contributed by atoms with Gasteiger partial charge in [0, 0.05) is 12.1 Å². The van der Waals surface area contributed by atoms with Gasteiger partial charge in [-0.05, 0) is 74.2 Å². The second-order valence-corrected chi connectivity index (χ2v) is 10.2. The number of ether oxygens (including phenoxy) is 2. The van der Waals surface area contributed by atoms with Crippen LogP contribution in [-0.2, 0) is 16.2 Å². The van der Waals surface area contributed by atoms with Crippen molar-refractivity contribution in [2.45, 2.75) is 65.7 Å². The fourth-order valence-corrected chi connectivity index (χ4v) is 4.87. The number of unbranched alkanes of at least 4 members (excludes halogenated alkanes) is 2. The summed E-state index contributed by atoms with van der Waals surface area (Å²) in [6.07, 6.45) is 2.68. The molecule has 1 heterocycles. The highest BCUT2D eigenvalue weighted by Crippen LogP contribution is 2.41. The molecule has 0 aliphatic carbocycles. The predicted octanol–water partition coefficient (Wildman–Crippen LogP) is 6.97. The summed E-state index contributed by atoms with van der Waals surface area (Å²) >= 11 is 0. The van der Waals surface area contributed by atoms with Crippen molar-refractivity contribution in [1.29, 1.82) is 0 Å². The van der Waals surface area contributed by atoms with E-state index < -0.39 is 17.7 Å². The maximum absolute atomic E-state index is 13.4. The van der Waals surface area contributed by atoms with E-state index in [1.807, 2.05) is 75.4 Å². The molecule has 1 atom stereocenters. The lowest BCUT2D eigenvalue weighted by Crippen LogP contribution is -2.30. The first-order chi connectivity index (χ1) is 18.8. The van der Waals surface area contributed by atoms with Crippen LogP contribution in [0.25, 0.3) is 5.76 Å². The summed E-state index contributed by atoms with van der Waals surface area (Å²) in [6.45, 7) is 8.72. The maximum atomic E-state index is 13.4. The van der Waals surface area contributed by atoms with E-state index in [4.69, 9.17) is 9.47 Å². The number of carbonyl (C=O) groups excluding carboxylic acids is 2. The lowest BCUT2D eigenvalue weighted by Gasteiger charge is -2.26. The van der Waals surface area contributed by atoms with Crippen LogP contribution in [0.4, 0.5) is 0 Å². The first kappa shape index (κ1) is 28.0. The summed E-state index contributed by atoms with van der Waals surface area (Å²) in [6, 6.07) is 21.9. The van der Waals surface area contributed by atoms with Gasteiger partial charge in [-0.2, -0.15) is 0 Å². The summed E-state index contributed by atoms with van der Waals surface area (Å²) in [7, 11) is 0. The fraction of sp³-hybridized carbons (Fsp3) is 0.333. The first-order valence-corrected chi connectivity index (χ1v) is 13.6. The topological polar surface area (TPSA) is 76.1 Å². The molecule has 1 amide bonds. The molecule has 0 bridgehead atoms. The highest BCUT2D eigenvalue weighted by molar-refractivity contribution is 6.46. The third-order valence-electron chi connectivity index (χ3n) is 6.77.